The Hall–Kier alpha value is -1.40. The monoisotopic (exact) mass is 432 g/mol. The Balaban J connectivity index is 0.000000224. The van der Waals surface area contributed by atoms with Gasteiger partial charge in [-0.05, 0) is 68.3 Å². The van der Waals surface area contributed by atoms with Gasteiger partial charge in [0, 0.05) is 0 Å². The van der Waals surface area contributed by atoms with Crippen LogP contribution in [0.5, 0.6) is 23.0 Å². The van der Waals surface area contributed by atoms with Crippen molar-refractivity contribution in [2.75, 3.05) is 28.4 Å². The Morgan fingerprint density at radius 3 is 1.14 bits per heavy atom. The van der Waals surface area contributed by atoms with Crippen molar-refractivity contribution in [2.45, 2.75) is 0 Å². The van der Waals surface area contributed by atoms with E-state index in [1.807, 2.05) is 36.4 Å². The van der Waals surface area contributed by atoms with E-state index >= 15 is 0 Å². The van der Waals surface area contributed by atoms with Gasteiger partial charge in [0.25, 0.3) is 0 Å². The molecule has 6 heteroatoms. The molecule has 0 atom stereocenters. The number of ether oxygens (including phenoxy) is 4. The molecule has 2 aromatic rings. The fourth-order valence-corrected chi connectivity index (χ4v) is 2.50. The Kier molecular flexibility index (Phi) is 8.12. The van der Waals surface area contributed by atoms with Crippen LogP contribution in [0.3, 0.4) is 0 Å². The van der Waals surface area contributed by atoms with E-state index < -0.39 is 0 Å². The number of rotatable bonds is 4. The van der Waals surface area contributed by atoms with Gasteiger partial charge in [-0.15, -0.1) is 0 Å². The Labute approximate surface area is 147 Å². The third kappa shape index (κ3) is 5.42. The Bertz CT molecular complexity index is 533. The molecule has 22 heavy (non-hydrogen) atoms. The third-order valence-corrected chi connectivity index (χ3v) is 3.96. The van der Waals surface area contributed by atoms with Crippen LogP contribution < -0.4 is 18.9 Å². The summed E-state index contributed by atoms with van der Waals surface area (Å²) in [7, 11) is 6.53. The molecule has 4 nitrogen and oxygen atoms in total. The average molecular weight is 434 g/mol. The van der Waals surface area contributed by atoms with Crippen LogP contribution >= 0.6 is 31.9 Å². The van der Waals surface area contributed by atoms with Crippen LogP contribution in [0.4, 0.5) is 0 Å². The molecule has 0 fully saturated rings. The largest absolute Gasteiger partial charge is 0.497 e. The van der Waals surface area contributed by atoms with Gasteiger partial charge in [0.2, 0.25) is 0 Å². The van der Waals surface area contributed by atoms with Crippen LogP contribution in [0.2, 0.25) is 0 Å². The number of hydrogen-bond acceptors (Lipinski definition) is 4. The van der Waals surface area contributed by atoms with E-state index in [0.717, 1.165) is 31.9 Å². The summed E-state index contributed by atoms with van der Waals surface area (Å²) in [6.07, 6.45) is 0. The van der Waals surface area contributed by atoms with Gasteiger partial charge >= 0.3 is 0 Å². The molecule has 0 aliphatic rings. The Morgan fingerprint density at radius 1 is 0.591 bits per heavy atom. The summed E-state index contributed by atoms with van der Waals surface area (Å²) < 4.78 is 21.9. The van der Waals surface area contributed by atoms with Gasteiger partial charge in [0.15, 0.2) is 0 Å². The molecule has 0 saturated heterocycles. The van der Waals surface area contributed by atoms with Crippen LogP contribution in [0, 0.1) is 0 Å². The second kappa shape index (κ2) is 9.58. The maximum Gasteiger partial charge on any atom is 0.134 e. The lowest BCUT2D eigenvalue weighted by molar-refractivity contribution is 0.398. The first-order chi connectivity index (χ1) is 10.5. The topological polar surface area (TPSA) is 36.9 Å². The molecule has 120 valence electrons. The highest BCUT2D eigenvalue weighted by Gasteiger charge is 2.06. The molecule has 0 amide bonds. The highest BCUT2D eigenvalue weighted by atomic mass is 79.9. The van der Waals surface area contributed by atoms with Gasteiger partial charge in [-0.1, -0.05) is 0 Å². The minimum Gasteiger partial charge on any atom is -0.497 e. The normalized spacial score (nSPS) is 9.36. The van der Waals surface area contributed by atoms with E-state index in [9.17, 15) is 0 Å². The smallest absolute Gasteiger partial charge is 0.134 e. The molecule has 0 spiro atoms. The van der Waals surface area contributed by atoms with Crippen LogP contribution in [0.15, 0.2) is 45.3 Å². The summed E-state index contributed by atoms with van der Waals surface area (Å²) >= 11 is 6.71. The van der Waals surface area contributed by atoms with Crippen molar-refractivity contribution >= 4 is 31.9 Å². The molecule has 0 N–H and O–H groups in total. The van der Waals surface area contributed by atoms with E-state index in [1.165, 1.54) is 0 Å². The standard InChI is InChI=1S/C8H8Br2O2.C8H10O2/c1-11-7-3-6(10)8(12-2)4-5(7)9;1-9-7-3-5-8(10-2)6-4-7/h3-4H,1-2H3;3-6H,1-2H3. The number of methoxy groups -OCH3 is 4. The zero-order valence-corrected chi connectivity index (χ0v) is 16.0. The molecule has 2 rings (SSSR count). The van der Waals surface area contributed by atoms with Crippen LogP contribution in [0.1, 0.15) is 0 Å². The molecule has 0 bridgehead atoms. The van der Waals surface area contributed by atoms with Crippen molar-refractivity contribution in [3.8, 4) is 23.0 Å². The Morgan fingerprint density at radius 2 is 0.909 bits per heavy atom. The van der Waals surface area contributed by atoms with Gasteiger partial charge in [0.05, 0.1) is 37.4 Å². The van der Waals surface area contributed by atoms with E-state index in [0.29, 0.717) is 0 Å². The van der Waals surface area contributed by atoms with Crippen molar-refractivity contribution < 1.29 is 18.9 Å². The molecule has 0 unspecified atom stereocenters. The molecule has 2 aromatic carbocycles. The zero-order chi connectivity index (χ0) is 16.5. The summed E-state index contributed by atoms with van der Waals surface area (Å²) in [6, 6.07) is 11.1. The van der Waals surface area contributed by atoms with Gasteiger partial charge in [-0.2, -0.15) is 0 Å². The minimum absolute atomic E-state index is 0.780. The lowest BCUT2D eigenvalue weighted by atomic mass is 10.3. The van der Waals surface area contributed by atoms with E-state index in [4.69, 9.17) is 18.9 Å². The SMILES string of the molecule is COc1cc(Br)c(OC)cc1Br.COc1ccc(OC)cc1. The molecular weight excluding hydrogens is 416 g/mol. The second-order valence-electron chi connectivity index (χ2n) is 4.00. The lowest BCUT2D eigenvalue weighted by Gasteiger charge is -2.07. The quantitative estimate of drug-likeness (QED) is 0.684. The number of benzene rings is 2. The predicted octanol–water partition coefficient (Wildman–Crippen LogP) is 4.93. The van der Waals surface area contributed by atoms with Crippen molar-refractivity contribution in [2.24, 2.45) is 0 Å². The molecule has 0 aliphatic carbocycles. The maximum atomic E-state index is 5.09. The van der Waals surface area contributed by atoms with Gasteiger partial charge in [-0.25, -0.2) is 0 Å². The summed E-state index contributed by atoms with van der Waals surface area (Å²) in [4.78, 5) is 0. The molecular formula is C16H18Br2O4. The summed E-state index contributed by atoms with van der Waals surface area (Å²) in [5.74, 6) is 3.26. The average Bonchev–Trinajstić information content (AvgIpc) is 2.57. The molecule has 0 aromatic heterocycles. The number of hydrogen-bond donors (Lipinski definition) is 0. The van der Waals surface area contributed by atoms with Crippen molar-refractivity contribution in [1.29, 1.82) is 0 Å². The minimum atomic E-state index is 0.780. The van der Waals surface area contributed by atoms with Crippen LogP contribution in [-0.2, 0) is 0 Å². The highest BCUT2D eigenvalue weighted by molar-refractivity contribution is 9.11. The second-order valence-corrected chi connectivity index (χ2v) is 5.71. The molecule has 0 heterocycles. The van der Waals surface area contributed by atoms with Crippen LogP contribution in [-0.4, -0.2) is 28.4 Å². The maximum absolute atomic E-state index is 5.09. The van der Waals surface area contributed by atoms with E-state index in [-0.39, 0.29) is 0 Å². The fraction of sp³-hybridized carbons (Fsp3) is 0.250. The van der Waals surface area contributed by atoms with Crippen LogP contribution in [0.25, 0.3) is 0 Å². The van der Waals surface area contributed by atoms with E-state index in [1.54, 1.807) is 28.4 Å². The first kappa shape index (κ1) is 18.6. The summed E-state index contributed by atoms with van der Waals surface area (Å²) in [6.45, 7) is 0. The van der Waals surface area contributed by atoms with Gasteiger partial charge in [0.1, 0.15) is 23.0 Å². The van der Waals surface area contributed by atoms with Crippen molar-refractivity contribution in [3.63, 3.8) is 0 Å². The van der Waals surface area contributed by atoms with Crippen molar-refractivity contribution in [1.82, 2.24) is 0 Å². The third-order valence-electron chi connectivity index (χ3n) is 2.72. The molecule has 0 radical (unpaired) electrons. The first-order valence-electron chi connectivity index (χ1n) is 6.30. The molecule has 0 aliphatic heterocycles. The molecule has 0 saturated carbocycles. The highest BCUT2D eigenvalue weighted by Crippen LogP contribution is 2.35. The van der Waals surface area contributed by atoms with Crippen molar-refractivity contribution in [3.05, 3.63) is 45.3 Å². The summed E-state index contributed by atoms with van der Waals surface area (Å²) in [5.41, 5.74) is 0. The fourth-order valence-electron chi connectivity index (χ4n) is 1.54. The zero-order valence-electron chi connectivity index (χ0n) is 12.9. The lowest BCUT2D eigenvalue weighted by Crippen LogP contribution is -1.88. The first-order valence-corrected chi connectivity index (χ1v) is 7.89. The predicted molar refractivity (Wildman–Crippen MR) is 94.5 cm³/mol. The number of halogens is 2. The van der Waals surface area contributed by atoms with Gasteiger partial charge in [-0.3, -0.25) is 0 Å². The van der Waals surface area contributed by atoms with E-state index in [2.05, 4.69) is 31.9 Å². The van der Waals surface area contributed by atoms with Gasteiger partial charge < -0.3 is 18.9 Å². The summed E-state index contributed by atoms with van der Waals surface area (Å²) in [5, 5.41) is 0.